The molecular weight excluding hydrogens is 176 g/mol. The number of oxazole rings is 1. The van der Waals surface area contributed by atoms with Gasteiger partial charge in [0.05, 0.1) is 11.6 Å². The third kappa shape index (κ3) is 1.57. The summed E-state index contributed by atoms with van der Waals surface area (Å²) in [4.78, 5) is 4.57. The molecule has 1 fully saturated rings. The van der Waals surface area contributed by atoms with E-state index in [9.17, 15) is 0 Å². The highest BCUT2D eigenvalue weighted by molar-refractivity contribution is 5.16. The molecule has 1 saturated heterocycles. The van der Waals surface area contributed by atoms with Crippen molar-refractivity contribution in [2.24, 2.45) is 0 Å². The van der Waals surface area contributed by atoms with Crippen LogP contribution in [0.2, 0.25) is 0 Å². The fraction of sp³-hybridized carbons (Fsp3) is 0.727. The Labute approximate surface area is 84.9 Å². The third-order valence-electron chi connectivity index (χ3n) is 2.73. The molecule has 1 N–H and O–H groups in total. The highest BCUT2D eigenvalue weighted by Gasteiger charge is 2.26. The Hall–Kier alpha value is -0.830. The Balaban J connectivity index is 2.25. The lowest BCUT2D eigenvalue weighted by Gasteiger charge is -2.23. The lowest BCUT2D eigenvalue weighted by molar-refractivity contribution is 0.340. The van der Waals surface area contributed by atoms with Crippen LogP contribution in [0.25, 0.3) is 0 Å². The average Bonchev–Trinajstić information content (AvgIpc) is 2.45. The van der Waals surface area contributed by atoms with Gasteiger partial charge < -0.3 is 9.73 Å². The van der Waals surface area contributed by atoms with Crippen molar-refractivity contribution >= 4 is 0 Å². The zero-order valence-corrected chi connectivity index (χ0v) is 9.13. The topological polar surface area (TPSA) is 38.1 Å². The normalized spacial score (nSPS) is 17.4. The number of nitrogens with zero attached hydrogens (tertiary/aromatic N) is 1. The average molecular weight is 194 g/mol. The lowest BCUT2D eigenvalue weighted by atomic mass is 10.0. The first-order valence-corrected chi connectivity index (χ1v) is 5.42. The Kier molecular flexibility index (Phi) is 2.59. The van der Waals surface area contributed by atoms with E-state index in [-0.39, 0.29) is 0 Å². The van der Waals surface area contributed by atoms with Crippen molar-refractivity contribution in [1.29, 1.82) is 0 Å². The van der Waals surface area contributed by atoms with E-state index in [4.69, 9.17) is 4.42 Å². The van der Waals surface area contributed by atoms with Crippen molar-refractivity contribution in [2.45, 2.75) is 39.0 Å². The van der Waals surface area contributed by atoms with E-state index in [1.807, 2.05) is 0 Å². The van der Waals surface area contributed by atoms with Gasteiger partial charge in [0.1, 0.15) is 5.76 Å². The molecule has 3 nitrogen and oxygen atoms in total. The van der Waals surface area contributed by atoms with E-state index < -0.39 is 0 Å². The van der Waals surface area contributed by atoms with E-state index in [2.05, 4.69) is 31.1 Å². The second-order valence-electron chi connectivity index (χ2n) is 4.23. The molecule has 78 valence electrons. The molecular formula is C11H18N2O. The van der Waals surface area contributed by atoms with Crippen molar-refractivity contribution in [3.8, 4) is 0 Å². The largest absolute Gasteiger partial charge is 0.445 e. The van der Waals surface area contributed by atoms with Gasteiger partial charge in [-0.15, -0.1) is 0 Å². The Morgan fingerprint density at radius 1 is 1.50 bits per heavy atom. The number of hydrogen-bond donors (Lipinski definition) is 1. The number of rotatable bonds is 3. The Bertz CT molecular complexity index is 313. The quantitative estimate of drug-likeness (QED) is 0.800. The Morgan fingerprint density at radius 2 is 2.21 bits per heavy atom. The second-order valence-corrected chi connectivity index (χ2v) is 4.23. The highest BCUT2D eigenvalue weighted by atomic mass is 16.4. The van der Waals surface area contributed by atoms with Crippen molar-refractivity contribution in [1.82, 2.24) is 10.3 Å². The molecule has 0 atom stereocenters. The summed E-state index contributed by atoms with van der Waals surface area (Å²) in [7, 11) is 0. The first-order chi connectivity index (χ1) is 6.72. The molecule has 2 heterocycles. The van der Waals surface area contributed by atoms with E-state index in [0.717, 1.165) is 36.9 Å². The van der Waals surface area contributed by atoms with Gasteiger partial charge in [0.25, 0.3) is 0 Å². The first kappa shape index (κ1) is 9.71. The molecule has 0 spiro atoms. The molecule has 2 rings (SSSR count). The predicted octanol–water partition coefficient (Wildman–Crippen LogP) is 2.05. The minimum absolute atomic E-state index is 0.444. The number of aryl methyl sites for hydroxylation is 1. The molecule has 0 aliphatic carbocycles. The van der Waals surface area contributed by atoms with Crippen LogP contribution >= 0.6 is 0 Å². The number of aromatic nitrogens is 1. The van der Waals surface area contributed by atoms with Gasteiger partial charge in [0.15, 0.2) is 5.89 Å². The van der Waals surface area contributed by atoms with Gasteiger partial charge in [-0.1, -0.05) is 20.8 Å². The summed E-state index contributed by atoms with van der Waals surface area (Å²) < 4.78 is 5.82. The van der Waals surface area contributed by atoms with Crippen LogP contribution in [-0.4, -0.2) is 18.1 Å². The molecule has 1 aromatic heterocycles. The van der Waals surface area contributed by atoms with Crippen LogP contribution in [0.1, 0.15) is 50.0 Å². The smallest absolute Gasteiger partial charge is 0.200 e. The molecule has 0 aromatic carbocycles. The molecule has 0 bridgehead atoms. The maximum Gasteiger partial charge on any atom is 0.200 e. The van der Waals surface area contributed by atoms with Crippen LogP contribution in [0.15, 0.2) is 4.42 Å². The fourth-order valence-corrected chi connectivity index (χ4v) is 1.72. The summed E-state index contributed by atoms with van der Waals surface area (Å²) in [6.07, 6.45) is 0.969. The maximum absolute atomic E-state index is 5.82. The van der Waals surface area contributed by atoms with Crippen molar-refractivity contribution in [3.63, 3.8) is 0 Å². The van der Waals surface area contributed by atoms with Gasteiger partial charge in [-0.3, -0.25) is 0 Å². The standard InChI is InChI=1S/C11H18N2O/c1-4-9-10(7(2)3)14-11(13-9)8-5-12-6-8/h7-8,12H,4-6H2,1-3H3. The summed E-state index contributed by atoms with van der Waals surface area (Å²) in [6.45, 7) is 8.47. The van der Waals surface area contributed by atoms with E-state index >= 15 is 0 Å². The summed E-state index contributed by atoms with van der Waals surface area (Å²) in [5.41, 5.74) is 1.14. The number of nitrogens with one attached hydrogen (secondary N) is 1. The second kappa shape index (κ2) is 3.73. The zero-order chi connectivity index (χ0) is 10.1. The van der Waals surface area contributed by atoms with E-state index in [1.54, 1.807) is 0 Å². The maximum atomic E-state index is 5.82. The molecule has 0 unspecified atom stereocenters. The van der Waals surface area contributed by atoms with Crippen molar-refractivity contribution < 1.29 is 4.42 Å². The van der Waals surface area contributed by atoms with Crippen LogP contribution in [0.4, 0.5) is 0 Å². The van der Waals surface area contributed by atoms with Crippen LogP contribution in [-0.2, 0) is 6.42 Å². The fourth-order valence-electron chi connectivity index (χ4n) is 1.72. The van der Waals surface area contributed by atoms with Crippen LogP contribution in [0.3, 0.4) is 0 Å². The highest BCUT2D eigenvalue weighted by Crippen LogP contribution is 2.26. The molecule has 1 aliphatic rings. The van der Waals surface area contributed by atoms with Gasteiger partial charge in [0.2, 0.25) is 0 Å². The van der Waals surface area contributed by atoms with Crippen molar-refractivity contribution in [2.75, 3.05) is 13.1 Å². The van der Waals surface area contributed by atoms with Crippen molar-refractivity contribution in [3.05, 3.63) is 17.3 Å². The van der Waals surface area contributed by atoms with Gasteiger partial charge in [-0.05, 0) is 6.42 Å². The van der Waals surface area contributed by atoms with Crippen LogP contribution < -0.4 is 5.32 Å². The molecule has 14 heavy (non-hydrogen) atoms. The predicted molar refractivity (Wildman–Crippen MR) is 55.6 cm³/mol. The summed E-state index contributed by atoms with van der Waals surface area (Å²) in [5, 5.41) is 3.24. The van der Waals surface area contributed by atoms with Gasteiger partial charge >= 0.3 is 0 Å². The minimum atomic E-state index is 0.444. The molecule has 0 saturated carbocycles. The molecule has 1 aliphatic heterocycles. The minimum Gasteiger partial charge on any atom is -0.445 e. The van der Waals surface area contributed by atoms with Crippen LogP contribution in [0, 0.1) is 0 Å². The summed E-state index contributed by atoms with van der Waals surface area (Å²) in [6, 6.07) is 0. The summed E-state index contributed by atoms with van der Waals surface area (Å²) >= 11 is 0. The first-order valence-electron chi connectivity index (χ1n) is 5.42. The summed E-state index contributed by atoms with van der Waals surface area (Å²) in [5.74, 6) is 2.96. The van der Waals surface area contributed by atoms with Gasteiger partial charge in [-0.25, -0.2) is 4.98 Å². The van der Waals surface area contributed by atoms with Gasteiger partial charge in [-0.2, -0.15) is 0 Å². The molecule has 1 aromatic rings. The van der Waals surface area contributed by atoms with Crippen LogP contribution in [0.5, 0.6) is 0 Å². The zero-order valence-electron chi connectivity index (χ0n) is 9.13. The number of hydrogen-bond acceptors (Lipinski definition) is 3. The van der Waals surface area contributed by atoms with E-state index in [1.165, 1.54) is 0 Å². The SMILES string of the molecule is CCc1nc(C2CNC2)oc1C(C)C. The molecule has 3 heteroatoms. The monoisotopic (exact) mass is 194 g/mol. The van der Waals surface area contributed by atoms with E-state index in [0.29, 0.717) is 11.8 Å². The Morgan fingerprint density at radius 3 is 2.57 bits per heavy atom. The lowest BCUT2D eigenvalue weighted by Crippen LogP contribution is -2.40. The third-order valence-corrected chi connectivity index (χ3v) is 2.73. The molecule has 0 radical (unpaired) electrons. The van der Waals surface area contributed by atoms with Gasteiger partial charge in [0, 0.05) is 19.0 Å². The molecule has 0 amide bonds.